The highest BCUT2D eigenvalue weighted by molar-refractivity contribution is 9.10. The number of ether oxygens (including phenoxy) is 3. The van der Waals surface area contributed by atoms with Crippen LogP contribution >= 0.6 is 27.5 Å². The van der Waals surface area contributed by atoms with Gasteiger partial charge in [0.25, 0.3) is 11.8 Å². The monoisotopic (exact) mass is 567 g/mol. The number of hydrazine groups is 1. The number of nitrogens with zero attached hydrogens (tertiary/aromatic N) is 1. The maximum Gasteiger partial charge on any atom is 0.311 e. The maximum atomic E-state index is 12.8. The van der Waals surface area contributed by atoms with Crippen LogP contribution < -0.4 is 20.2 Å². The Balaban J connectivity index is 1.56. The smallest absolute Gasteiger partial charge is 0.311 e. The molecule has 0 radical (unpaired) electrons. The second kappa shape index (κ2) is 11.4. The van der Waals surface area contributed by atoms with Crippen LogP contribution in [0.5, 0.6) is 11.5 Å². The molecule has 1 aliphatic heterocycles. The van der Waals surface area contributed by atoms with Gasteiger partial charge >= 0.3 is 5.97 Å². The van der Waals surface area contributed by atoms with Crippen molar-refractivity contribution in [3.63, 3.8) is 0 Å². The lowest BCUT2D eigenvalue weighted by Gasteiger charge is -2.19. The Morgan fingerprint density at radius 2 is 1.83 bits per heavy atom. The van der Waals surface area contributed by atoms with Gasteiger partial charge in [0.15, 0.2) is 6.61 Å². The number of aryl methyl sites for hydroxylation is 1. The molecule has 1 atom stereocenters. The molecular formula is C23H23BrClN3O7. The molecule has 0 bridgehead atoms. The van der Waals surface area contributed by atoms with Crippen molar-refractivity contribution in [2.24, 2.45) is 5.92 Å². The third-order valence-corrected chi connectivity index (χ3v) is 6.43. The highest BCUT2D eigenvalue weighted by Crippen LogP contribution is 2.30. The van der Waals surface area contributed by atoms with E-state index in [2.05, 4.69) is 26.7 Å². The van der Waals surface area contributed by atoms with Crippen molar-refractivity contribution in [2.75, 3.05) is 32.7 Å². The average Bonchev–Trinajstić information content (AvgIpc) is 3.20. The van der Waals surface area contributed by atoms with E-state index >= 15 is 0 Å². The second-order valence-electron chi connectivity index (χ2n) is 7.62. The molecule has 2 N–H and O–H groups in total. The van der Waals surface area contributed by atoms with E-state index in [1.165, 1.54) is 14.2 Å². The Morgan fingerprint density at radius 1 is 1.17 bits per heavy atom. The Hall–Kier alpha value is -3.31. The Labute approximate surface area is 214 Å². The number of esters is 1. The van der Waals surface area contributed by atoms with Crippen molar-refractivity contribution in [3.05, 3.63) is 51.0 Å². The van der Waals surface area contributed by atoms with E-state index < -0.39 is 36.2 Å². The summed E-state index contributed by atoms with van der Waals surface area (Å²) < 4.78 is 16.2. The van der Waals surface area contributed by atoms with Gasteiger partial charge in [-0.3, -0.25) is 29.6 Å². The number of halogens is 2. The number of carbonyl (C=O) groups is 4. The normalized spacial score (nSPS) is 14.9. The zero-order valence-electron chi connectivity index (χ0n) is 19.1. The molecule has 0 saturated carbocycles. The van der Waals surface area contributed by atoms with E-state index in [1.54, 1.807) is 37.3 Å². The van der Waals surface area contributed by atoms with Gasteiger partial charge in [0.1, 0.15) is 17.1 Å². The summed E-state index contributed by atoms with van der Waals surface area (Å²) in [5.41, 5.74) is 3.83. The lowest BCUT2D eigenvalue weighted by atomic mass is 10.1. The predicted octanol–water partition coefficient (Wildman–Crippen LogP) is 3.10. The molecule has 186 valence electrons. The molecule has 12 heteroatoms. The van der Waals surface area contributed by atoms with Crippen molar-refractivity contribution < 1.29 is 33.4 Å². The highest BCUT2D eigenvalue weighted by Gasteiger charge is 2.37. The van der Waals surface area contributed by atoms with E-state index in [4.69, 9.17) is 25.8 Å². The van der Waals surface area contributed by atoms with Crippen molar-refractivity contribution in [2.45, 2.75) is 13.3 Å². The van der Waals surface area contributed by atoms with Crippen LogP contribution in [0.3, 0.4) is 0 Å². The first-order valence-electron chi connectivity index (χ1n) is 10.4. The van der Waals surface area contributed by atoms with Gasteiger partial charge in [0.2, 0.25) is 5.91 Å². The number of hydrogen-bond donors (Lipinski definition) is 2. The minimum atomic E-state index is -0.848. The average molecular weight is 569 g/mol. The summed E-state index contributed by atoms with van der Waals surface area (Å²) >= 11 is 9.36. The van der Waals surface area contributed by atoms with E-state index in [1.807, 2.05) is 0 Å². The molecular weight excluding hydrogens is 546 g/mol. The SMILES string of the molecule is COc1cccc(OC)c1C(=O)NN1C[C@H](C(=O)OCC(=O)Nc2cc(Cl)c(Br)cc2C)CC1=O. The van der Waals surface area contributed by atoms with Gasteiger partial charge < -0.3 is 19.5 Å². The van der Waals surface area contributed by atoms with E-state index in [0.717, 1.165) is 10.6 Å². The van der Waals surface area contributed by atoms with Gasteiger partial charge in [0.05, 0.1) is 31.7 Å². The standard InChI is InChI=1S/C23H23BrClN3O7/c1-12-7-14(24)15(25)9-16(12)26-19(29)11-35-23(32)13-8-20(30)28(10-13)27-22(31)21-17(33-2)5-4-6-18(21)34-3/h4-7,9,13H,8,10-11H2,1-3H3,(H,26,29)(H,27,31)/t13-/m1/s1. The summed E-state index contributed by atoms with van der Waals surface area (Å²) in [5, 5.41) is 4.08. The molecule has 1 fully saturated rings. The fourth-order valence-corrected chi connectivity index (χ4v) is 4.07. The zero-order chi connectivity index (χ0) is 25.7. The second-order valence-corrected chi connectivity index (χ2v) is 8.88. The summed E-state index contributed by atoms with van der Waals surface area (Å²) in [6, 6.07) is 8.14. The minimum absolute atomic E-state index is 0.107. The molecule has 0 aliphatic carbocycles. The molecule has 3 rings (SSSR count). The van der Waals surface area contributed by atoms with Gasteiger partial charge in [-0.2, -0.15) is 0 Å². The summed E-state index contributed by atoms with van der Waals surface area (Å²) in [4.78, 5) is 49.9. The third kappa shape index (κ3) is 6.23. The molecule has 0 spiro atoms. The minimum Gasteiger partial charge on any atom is -0.496 e. The van der Waals surface area contributed by atoms with Gasteiger partial charge in [-0.1, -0.05) is 17.7 Å². The van der Waals surface area contributed by atoms with Crippen LogP contribution in [0.15, 0.2) is 34.8 Å². The number of benzene rings is 2. The lowest BCUT2D eigenvalue weighted by Crippen LogP contribution is -2.43. The van der Waals surface area contributed by atoms with Crippen molar-refractivity contribution >= 4 is 56.9 Å². The molecule has 1 aliphatic rings. The highest BCUT2D eigenvalue weighted by atomic mass is 79.9. The Bertz CT molecular complexity index is 1150. The van der Waals surface area contributed by atoms with Crippen LogP contribution in [0.4, 0.5) is 5.69 Å². The van der Waals surface area contributed by atoms with Crippen LogP contribution in [0.1, 0.15) is 22.3 Å². The summed E-state index contributed by atoms with van der Waals surface area (Å²) in [7, 11) is 2.81. The Kier molecular flexibility index (Phi) is 8.57. The quantitative estimate of drug-likeness (QED) is 0.469. The number of hydrogen-bond acceptors (Lipinski definition) is 7. The molecule has 0 aromatic heterocycles. The van der Waals surface area contributed by atoms with E-state index in [-0.39, 0.29) is 30.0 Å². The fourth-order valence-electron chi connectivity index (χ4n) is 3.45. The third-order valence-electron chi connectivity index (χ3n) is 5.24. The number of methoxy groups -OCH3 is 2. The van der Waals surface area contributed by atoms with E-state index in [0.29, 0.717) is 15.2 Å². The molecule has 2 aromatic rings. The first-order chi connectivity index (χ1) is 16.6. The Morgan fingerprint density at radius 3 is 2.46 bits per heavy atom. The molecule has 10 nitrogen and oxygen atoms in total. The van der Waals surface area contributed by atoms with Crippen LogP contribution in [0.25, 0.3) is 0 Å². The fraction of sp³-hybridized carbons (Fsp3) is 0.304. The molecule has 2 aromatic carbocycles. The van der Waals surface area contributed by atoms with Gasteiger partial charge in [-0.25, -0.2) is 0 Å². The molecule has 0 unspecified atom stereocenters. The molecule has 35 heavy (non-hydrogen) atoms. The number of carbonyl (C=O) groups excluding carboxylic acids is 4. The summed E-state index contributed by atoms with van der Waals surface area (Å²) in [6.07, 6.45) is -0.175. The lowest BCUT2D eigenvalue weighted by molar-refractivity contribution is -0.151. The first kappa shape index (κ1) is 26.3. The van der Waals surface area contributed by atoms with Crippen LogP contribution in [-0.2, 0) is 19.1 Å². The topological polar surface area (TPSA) is 123 Å². The van der Waals surface area contributed by atoms with Gasteiger partial charge in [-0.05, 0) is 52.7 Å². The van der Waals surface area contributed by atoms with Gasteiger partial charge in [-0.15, -0.1) is 0 Å². The largest absolute Gasteiger partial charge is 0.496 e. The number of amides is 3. The van der Waals surface area contributed by atoms with Gasteiger partial charge in [0, 0.05) is 16.6 Å². The number of nitrogens with one attached hydrogen (secondary N) is 2. The van der Waals surface area contributed by atoms with Crippen LogP contribution in [0, 0.1) is 12.8 Å². The van der Waals surface area contributed by atoms with Crippen molar-refractivity contribution in [3.8, 4) is 11.5 Å². The van der Waals surface area contributed by atoms with Crippen LogP contribution in [0.2, 0.25) is 5.02 Å². The molecule has 1 saturated heterocycles. The first-order valence-corrected chi connectivity index (χ1v) is 11.6. The number of anilines is 1. The van der Waals surface area contributed by atoms with Crippen molar-refractivity contribution in [1.29, 1.82) is 0 Å². The van der Waals surface area contributed by atoms with Crippen LogP contribution in [-0.4, -0.2) is 56.1 Å². The maximum absolute atomic E-state index is 12.8. The zero-order valence-corrected chi connectivity index (χ0v) is 21.5. The molecule has 3 amide bonds. The number of rotatable bonds is 8. The summed E-state index contributed by atoms with van der Waals surface area (Å²) in [6.45, 7) is 1.14. The molecule has 1 heterocycles. The van der Waals surface area contributed by atoms with Crippen molar-refractivity contribution in [1.82, 2.24) is 10.4 Å². The summed E-state index contributed by atoms with van der Waals surface area (Å²) in [5.74, 6) is -2.72. The predicted molar refractivity (Wildman–Crippen MR) is 130 cm³/mol. The van der Waals surface area contributed by atoms with E-state index in [9.17, 15) is 19.2 Å².